The molecular formula is C10H16ClNO. The molecule has 74 valence electrons. The van der Waals surface area contributed by atoms with Crippen LogP contribution in [0.4, 0.5) is 5.69 Å². The van der Waals surface area contributed by atoms with Gasteiger partial charge in [-0.1, -0.05) is 25.4 Å². The number of nitrogens with two attached hydrogens (primary N) is 1. The summed E-state index contributed by atoms with van der Waals surface area (Å²) in [6.07, 6.45) is 0. The summed E-state index contributed by atoms with van der Waals surface area (Å²) in [7, 11) is 1.57. The maximum Gasteiger partial charge on any atom is 0.139 e. The van der Waals surface area contributed by atoms with Gasteiger partial charge in [-0.3, -0.25) is 0 Å². The number of anilines is 1. The summed E-state index contributed by atoms with van der Waals surface area (Å²) in [6, 6.07) is 3.51. The van der Waals surface area contributed by atoms with Crippen LogP contribution >= 0.6 is 11.6 Å². The standard InChI is InChI=1S/C8H10ClNO.C2H6/c1-5-3-6(9)8(11-2)4-7(5)10;1-2/h3-4H,10H2,1-2H3;1-2H3. The maximum absolute atomic E-state index is 5.82. The average Bonchev–Trinajstić information content (AvgIpc) is 2.15. The zero-order chi connectivity index (χ0) is 10.4. The average molecular weight is 202 g/mol. The maximum atomic E-state index is 5.82. The molecule has 0 unspecified atom stereocenters. The molecule has 0 atom stereocenters. The van der Waals surface area contributed by atoms with Gasteiger partial charge in [0, 0.05) is 11.8 Å². The van der Waals surface area contributed by atoms with E-state index < -0.39 is 0 Å². The zero-order valence-electron chi connectivity index (χ0n) is 8.52. The van der Waals surface area contributed by atoms with Gasteiger partial charge >= 0.3 is 0 Å². The van der Waals surface area contributed by atoms with Gasteiger partial charge in [-0.05, 0) is 18.6 Å². The summed E-state index contributed by atoms with van der Waals surface area (Å²) in [4.78, 5) is 0. The van der Waals surface area contributed by atoms with E-state index in [0.717, 1.165) is 5.56 Å². The molecule has 1 aromatic rings. The van der Waals surface area contributed by atoms with E-state index in [2.05, 4.69) is 0 Å². The molecule has 3 heteroatoms. The van der Waals surface area contributed by atoms with Gasteiger partial charge < -0.3 is 10.5 Å². The molecule has 0 fully saturated rings. The van der Waals surface area contributed by atoms with Crippen LogP contribution in [0.2, 0.25) is 5.02 Å². The Hall–Kier alpha value is -0.890. The molecule has 1 rings (SSSR count). The first kappa shape index (κ1) is 12.1. The minimum Gasteiger partial charge on any atom is -0.495 e. The molecule has 0 saturated heterocycles. The normalized spacial score (nSPS) is 8.69. The number of methoxy groups -OCH3 is 1. The topological polar surface area (TPSA) is 35.2 Å². The number of halogens is 1. The van der Waals surface area contributed by atoms with Crippen molar-refractivity contribution in [3.8, 4) is 5.75 Å². The third-order valence-electron chi connectivity index (χ3n) is 1.54. The Labute approximate surface area is 84.7 Å². The Morgan fingerprint density at radius 1 is 1.31 bits per heavy atom. The van der Waals surface area contributed by atoms with Crippen LogP contribution in [0.15, 0.2) is 12.1 Å². The van der Waals surface area contributed by atoms with Crippen molar-refractivity contribution in [2.75, 3.05) is 12.8 Å². The molecular weight excluding hydrogens is 186 g/mol. The Morgan fingerprint density at radius 2 is 1.85 bits per heavy atom. The summed E-state index contributed by atoms with van der Waals surface area (Å²) in [5.41, 5.74) is 7.30. The highest BCUT2D eigenvalue weighted by molar-refractivity contribution is 6.32. The monoisotopic (exact) mass is 201 g/mol. The molecule has 0 aromatic heterocycles. The quantitative estimate of drug-likeness (QED) is 0.708. The smallest absolute Gasteiger partial charge is 0.139 e. The lowest BCUT2D eigenvalue weighted by atomic mass is 10.2. The molecule has 0 heterocycles. The molecule has 2 N–H and O–H groups in total. The van der Waals surface area contributed by atoms with Crippen LogP contribution in [0.25, 0.3) is 0 Å². The summed E-state index contributed by atoms with van der Waals surface area (Å²) in [6.45, 7) is 5.90. The third-order valence-corrected chi connectivity index (χ3v) is 1.84. The Balaban J connectivity index is 0.000000671. The lowest BCUT2D eigenvalue weighted by Crippen LogP contribution is -1.92. The predicted octanol–water partition coefficient (Wildman–Crippen LogP) is 3.27. The first-order valence-corrected chi connectivity index (χ1v) is 4.62. The second-order valence-corrected chi connectivity index (χ2v) is 2.75. The number of rotatable bonds is 1. The molecule has 2 nitrogen and oxygen atoms in total. The first-order chi connectivity index (χ1) is 6.15. The van der Waals surface area contributed by atoms with Gasteiger partial charge in [0.15, 0.2) is 0 Å². The highest BCUT2D eigenvalue weighted by atomic mass is 35.5. The molecule has 0 radical (unpaired) electrons. The van der Waals surface area contributed by atoms with E-state index in [4.69, 9.17) is 22.1 Å². The van der Waals surface area contributed by atoms with Gasteiger partial charge in [-0.15, -0.1) is 0 Å². The van der Waals surface area contributed by atoms with Crippen molar-refractivity contribution in [2.45, 2.75) is 20.8 Å². The second kappa shape index (κ2) is 5.70. The molecule has 0 bridgehead atoms. The number of ether oxygens (including phenoxy) is 1. The van der Waals surface area contributed by atoms with E-state index in [-0.39, 0.29) is 0 Å². The summed E-state index contributed by atoms with van der Waals surface area (Å²) in [5, 5.41) is 0.596. The Morgan fingerprint density at radius 3 is 2.31 bits per heavy atom. The van der Waals surface area contributed by atoms with E-state index in [1.807, 2.05) is 20.8 Å². The predicted molar refractivity (Wildman–Crippen MR) is 58.5 cm³/mol. The van der Waals surface area contributed by atoms with Crippen LogP contribution in [-0.4, -0.2) is 7.11 Å². The summed E-state index contributed by atoms with van der Waals surface area (Å²) in [5.74, 6) is 0.620. The van der Waals surface area contributed by atoms with E-state index in [1.54, 1.807) is 19.2 Å². The van der Waals surface area contributed by atoms with Crippen LogP contribution in [0.5, 0.6) is 5.75 Å². The molecule has 0 aliphatic heterocycles. The third kappa shape index (κ3) is 3.15. The number of benzene rings is 1. The molecule has 0 aliphatic carbocycles. The van der Waals surface area contributed by atoms with E-state index in [9.17, 15) is 0 Å². The lowest BCUT2D eigenvalue weighted by Gasteiger charge is -2.05. The molecule has 1 aromatic carbocycles. The van der Waals surface area contributed by atoms with Crippen molar-refractivity contribution in [2.24, 2.45) is 0 Å². The molecule has 0 aliphatic rings. The van der Waals surface area contributed by atoms with Gasteiger partial charge in [-0.2, -0.15) is 0 Å². The van der Waals surface area contributed by atoms with Crippen molar-refractivity contribution in [3.05, 3.63) is 22.7 Å². The van der Waals surface area contributed by atoms with Crippen LogP contribution in [0.3, 0.4) is 0 Å². The van der Waals surface area contributed by atoms with Crippen LogP contribution in [-0.2, 0) is 0 Å². The SMILES string of the molecule is CC.COc1cc(N)c(C)cc1Cl. The van der Waals surface area contributed by atoms with Crippen molar-refractivity contribution in [1.82, 2.24) is 0 Å². The highest BCUT2D eigenvalue weighted by Gasteiger charge is 2.02. The molecule has 0 spiro atoms. The van der Waals surface area contributed by atoms with Gasteiger partial charge in [0.2, 0.25) is 0 Å². The Bertz CT molecular complexity index is 274. The van der Waals surface area contributed by atoms with Crippen LogP contribution in [0, 0.1) is 6.92 Å². The minimum absolute atomic E-state index is 0.596. The fraction of sp³-hybridized carbons (Fsp3) is 0.400. The van der Waals surface area contributed by atoms with Gasteiger partial charge in [0.25, 0.3) is 0 Å². The van der Waals surface area contributed by atoms with E-state index in [1.165, 1.54) is 0 Å². The van der Waals surface area contributed by atoms with E-state index >= 15 is 0 Å². The van der Waals surface area contributed by atoms with Crippen molar-refractivity contribution in [3.63, 3.8) is 0 Å². The van der Waals surface area contributed by atoms with Crippen molar-refractivity contribution in [1.29, 1.82) is 0 Å². The zero-order valence-corrected chi connectivity index (χ0v) is 9.27. The van der Waals surface area contributed by atoms with Crippen LogP contribution in [0.1, 0.15) is 19.4 Å². The van der Waals surface area contributed by atoms with Gasteiger partial charge in [0.05, 0.1) is 12.1 Å². The second-order valence-electron chi connectivity index (χ2n) is 2.34. The van der Waals surface area contributed by atoms with Gasteiger partial charge in [0.1, 0.15) is 5.75 Å². The highest BCUT2D eigenvalue weighted by Crippen LogP contribution is 2.28. The largest absolute Gasteiger partial charge is 0.495 e. The first-order valence-electron chi connectivity index (χ1n) is 4.24. The summed E-state index contributed by atoms with van der Waals surface area (Å²) < 4.78 is 4.97. The van der Waals surface area contributed by atoms with E-state index in [0.29, 0.717) is 16.5 Å². The fourth-order valence-electron chi connectivity index (χ4n) is 0.825. The summed E-state index contributed by atoms with van der Waals surface area (Å²) >= 11 is 5.82. The number of hydrogen-bond acceptors (Lipinski definition) is 2. The van der Waals surface area contributed by atoms with Crippen LogP contribution < -0.4 is 10.5 Å². The number of aryl methyl sites for hydroxylation is 1. The Kier molecular flexibility index (Phi) is 5.31. The lowest BCUT2D eigenvalue weighted by molar-refractivity contribution is 0.415. The molecule has 13 heavy (non-hydrogen) atoms. The molecule has 0 saturated carbocycles. The minimum atomic E-state index is 0.596. The fourth-order valence-corrected chi connectivity index (χ4v) is 1.12. The van der Waals surface area contributed by atoms with Crippen molar-refractivity contribution < 1.29 is 4.74 Å². The van der Waals surface area contributed by atoms with Gasteiger partial charge in [-0.25, -0.2) is 0 Å². The number of hydrogen-bond donors (Lipinski definition) is 1. The molecule has 0 amide bonds. The number of nitrogen functional groups attached to an aromatic ring is 1. The van der Waals surface area contributed by atoms with Crippen molar-refractivity contribution >= 4 is 17.3 Å².